The zero-order valence-corrected chi connectivity index (χ0v) is 15.0. The molecule has 1 aromatic rings. The molecule has 0 radical (unpaired) electrons. The van der Waals surface area contributed by atoms with Crippen molar-refractivity contribution in [3.8, 4) is 0 Å². The lowest BCUT2D eigenvalue weighted by Gasteiger charge is -2.44. The SMILES string of the molecule is OC(c1ccc(Br)cc1Cl)C1CCOC2(CCSCC2)C1. The molecule has 2 heterocycles. The number of ether oxygens (including phenoxy) is 1. The maximum Gasteiger partial charge on any atom is 0.0834 e. The third-order valence-corrected chi connectivity index (χ3v) is 6.47. The lowest BCUT2D eigenvalue weighted by atomic mass is 9.78. The smallest absolute Gasteiger partial charge is 0.0834 e. The average Bonchev–Trinajstić information content (AvgIpc) is 2.47. The second-order valence-corrected chi connectivity index (χ2v) is 8.56. The highest BCUT2D eigenvalue weighted by molar-refractivity contribution is 9.10. The molecule has 1 aromatic carbocycles. The number of benzene rings is 1. The minimum Gasteiger partial charge on any atom is -0.388 e. The molecule has 21 heavy (non-hydrogen) atoms. The Labute approximate surface area is 143 Å². The summed E-state index contributed by atoms with van der Waals surface area (Å²) in [4.78, 5) is 0. The van der Waals surface area contributed by atoms with Crippen LogP contribution in [0.4, 0.5) is 0 Å². The molecule has 1 spiro atoms. The first-order chi connectivity index (χ1) is 10.1. The molecule has 2 saturated heterocycles. The van der Waals surface area contributed by atoms with Crippen molar-refractivity contribution in [2.24, 2.45) is 5.92 Å². The van der Waals surface area contributed by atoms with E-state index >= 15 is 0 Å². The molecule has 2 aliphatic heterocycles. The topological polar surface area (TPSA) is 29.5 Å². The average molecular weight is 392 g/mol. The lowest BCUT2D eigenvalue weighted by Crippen LogP contribution is -2.44. The Morgan fingerprint density at radius 1 is 1.38 bits per heavy atom. The van der Waals surface area contributed by atoms with E-state index in [0.29, 0.717) is 5.02 Å². The summed E-state index contributed by atoms with van der Waals surface area (Å²) in [6, 6.07) is 5.72. The fraction of sp³-hybridized carbons (Fsp3) is 0.625. The van der Waals surface area contributed by atoms with Crippen LogP contribution in [0.15, 0.2) is 22.7 Å². The molecule has 2 unspecified atom stereocenters. The molecule has 0 aliphatic carbocycles. The van der Waals surface area contributed by atoms with Gasteiger partial charge in [0.2, 0.25) is 0 Å². The zero-order valence-electron chi connectivity index (χ0n) is 11.9. The lowest BCUT2D eigenvalue weighted by molar-refractivity contribution is -0.121. The predicted molar refractivity (Wildman–Crippen MR) is 92.1 cm³/mol. The molecule has 2 aliphatic rings. The molecule has 3 rings (SSSR count). The van der Waals surface area contributed by atoms with Gasteiger partial charge in [-0.3, -0.25) is 0 Å². The van der Waals surface area contributed by atoms with Gasteiger partial charge in [0.05, 0.1) is 11.7 Å². The van der Waals surface area contributed by atoms with Gasteiger partial charge in [0, 0.05) is 16.1 Å². The second-order valence-electron chi connectivity index (χ2n) is 6.01. The Hall–Kier alpha value is 0.260. The second kappa shape index (κ2) is 6.79. The number of thioether (sulfide) groups is 1. The highest BCUT2D eigenvalue weighted by Gasteiger charge is 2.41. The largest absolute Gasteiger partial charge is 0.388 e. The molecule has 0 amide bonds. The molecule has 1 N–H and O–H groups in total. The normalized spacial score (nSPS) is 26.7. The van der Waals surface area contributed by atoms with Crippen molar-refractivity contribution in [1.82, 2.24) is 0 Å². The number of hydrogen-bond acceptors (Lipinski definition) is 3. The first-order valence-electron chi connectivity index (χ1n) is 7.44. The van der Waals surface area contributed by atoms with Gasteiger partial charge in [-0.2, -0.15) is 11.8 Å². The molecule has 0 saturated carbocycles. The van der Waals surface area contributed by atoms with Gasteiger partial charge < -0.3 is 9.84 Å². The van der Waals surface area contributed by atoms with E-state index in [1.54, 1.807) is 0 Å². The summed E-state index contributed by atoms with van der Waals surface area (Å²) >= 11 is 11.7. The fourth-order valence-electron chi connectivity index (χ4n) is 3.42. The number of rotatable bonds is 2. The van der Waals surface area contributed by atoms with Gasteiger partial charge in [-0.05, 0) is 60.8 Å². The Balaban J connectivity index is 1.76. The van der Waals surface area contributed by atoms with E-state index in [-0.39, 0.29) is 11.5 Å². The summed E-state index contributed by atoms with van der Waals surface area (Å²) in [5, 5.41) is 11.4. The van der Waals surface area contributed by atoms with Crippen molar-refractivity contribution in [2.75, 3.05) is 18.1 Å². The van der Waals surface area contributed by atoms with Crippen LogP contribution in [-0.2, 0) is 4.74 Å². The summed E-state index contributed by atoms with van der Waals surface area (Å²) in [6.07, 6.45) is 3.56. The van der Waals surface area contributed by atoms with E-state index in [4.69, 9.17) is 16.3 Å². The third kappa shape index (κ3) is 3.61. The van der Waals surface area contributed by atoms with E-state index in [1.165, 1.54) is 11.5 Å². The summed E-state index contributed by atoms with van der Waals surface area (Å²) in [6.45, 7) is 0.751. The monoisotopic (exact) mass is 390 g/mol. The number of hydrogen-bond donors (Lipinski definition) is 1. The minimum atomic E-state index is -0.499. The first kappa shape index (κ1) is 16.1. The quantitative estimate of drug-likeness (QED) is 0.783. The van der Waals surface area contributed by atoms with E-state index in [9.17, 15) is 5.11 Å². The van der Waals surface area contributed by atoms with Crippen LogP contribution in [0.25, 0.3) is 0 Å². The van der Waals surface area contributed by atoms with Crippen LogP contribution in [-0.4, -0.2) is 28.8 Å². The number of aliphatic hydroxyl groups is 1. The Morgan fingerprint density at radius 3 is 2.86 bits per heavy atom. The van der Waals surface area contributed by atoms with Gasteiger partial charge in [-0.15, -0.1) is 0 Å². The molecule has 2 fully saturated rings. The van der Waals surface area contributed by atoms with Crippen molar-refractivity contribution in [3.63, 3.8) is 0 Å². The van der Waals surface area contributed by atoms with Gasteiger partial charge in [-0.25, -0.2) is 0 Å². The molecule has 0 bridgehead atoms. The first-order valence-corrected chi connectivity index (χ1v) is 9.77. The molecule has 116 valence electrons. The summed E-state index contributed by atoms with van der Waals surface area (Å²) in [5.41, 5.74) is 0.837. The number of aliphatic hydroxyl groups excluding tert-OH is 1. The van der Waals surface area contributed by atoms with Crippen LogP contribution < -0.4 is 0 Å². The fourth-order valence-corrected chi connectivity index (χ4v) is 5.44. The highest BCUT2D eigenvalue weighted by Crippen LogP contribution is 2.44. The van der Waals surface area contributed by atoms with Crippen molar-refractivity contribution < 1.29 is 9.84 Å². The Bertz CT molecular complexity index is 500. The molecule has 2 atom stereocenters. The van der Waals surface area contributed by atoms with Gasteiger partial charge in [0.25, 0.3) is 0 Å². The van der Waals surface area contributed by atoms with E-state index in [0.717, 1.165) is 42.3 Å². The van der Waals surface area contributed by atoms with Crippen LogP contribution in [0.1, 0.15) is 37.4 Å². The van der Waals surface area contributed by atoms with Crippen LogP contribution >= 0.6 is 39.3 Å². The highest BCUT2D eigenvalue weighted by atomic mass is 79.9. The predicted octanol–water partition coefficient (Wildman–Crippen LogP) is 4.83. The molecule has 0 aromatic heterocycles. The van der Waals surface area contributed by atoms with Crippen LogP contribution in [0, 0.1) is 5.92 Å². The van der Waals surface area contributed by atoms with E-state index in [2.05, 4.69) is 15.9 Å². The van der Waals surface area contributed by atoms with Gasteiger partial charge in [0.1, 0.15) is 0 Å². The number of halogens is 2. The minimum absolute atomic E-state index is 0.00299. The zero-order chi connectivity index (χ0) is 14.9. The standard InChI is InChI=1S/C16H20BrClO2S/c17-12-1-2-13(14(18)9-12)15(19)11-3-6-20-16(10-11)4-7-21-8-5-16/h1-2,9,11,15,19H,3-8,10H2. The van der Waals surface area contributed by atoms with E-state index in [1.807, 2.05) is 30.0 Å². The third-order valence-electron chi connectivity index (χ3n) is 4.66. The summed E-state index contributed by atoms with van der Waals surface area (Å²) in [7, 11) is 0. The van der Waals surface area contributed by atoms with E-state index < -0.39 is 6.10 Å². The Kier molecular flexibility index (Phi) is 5.22. The maximum absolute atomic E-state index is 10.8. The van der Waals surface area contributed by atoms with Gasteiger partial charge >= 0.3 is 0 Å². The van der Waals surface area contributed by atoms with Gasteiger partial charge in [-0.1, -0.05) is 33.6 Å². The van der Waals surface area contributed by atoms with Crippen molar-refractivity contribution in [3.05, 3.63) is 33.3 Å². The van der Waals surface area contributed by atoms with Gasteiger partial charge in [0.15, 0.2) is 0 Å². The molecular formula is C16H20BrClO2S. The molecule has 2 nitrogen and oxygen atoms in total. The van der Waals surface area contributed by atoms with Crippen molar-refractivity contribution in [1.29, 1.82) is 0 Å². The van der Waals surface area contributed by atoms with Crippen molar-refractivity contribution in [2.45, 2.75) is 37.4 Å². The van der Waals surface area contributed by atoms with Crippen LogP contribution in [0.2, 0.25) is 5.02 Å². The summed E-state index contributed by atoms with van der Waals surface area (Å²) in [5.74, 6) is 2.57. The Morgan fingerprint density at radius 2 is 2.14 bits per heavy atom. The summed E-state index contributed by atoms with van der Waals surface area (Å²) < 4.78 is 7.05. The van der Waals surface area contributed by atoms with Crippen LogP contribution in [0.5, 0.6) is 0 Å². The molecule has 5 heteroatoms. The van der Waals surface area contributed by atoms with Crippen molar-refractivity contribution >= 4 is 39.3 Å². The van der Waals surface area contributed by atoms with Crippen LogP contribution in [0.3, 0.4) is 0 Å². The maximum atomic E-state index is 10.8. The molecular weight excluding hydrogens is 372 g/mol.